The SMILES string of the molecule is CCOC(=O)COc1ccccc1C1=Nc2ccccc2NC(=O)C1.O=C(O)COc1ccccc1C1=Nc2ccccc2NC(=O)C1.[Na+].[OH-]. The molecule has 0 bridgehead atoms. The Morgan fingerprint density at radius 1 is 0.680 bits per heavy atom. The smallest absolute Gasteiger partial charge is 0.870 e. The van der Waals surface area contributed by atoms with Crippen LogP contribution in [0.1, 0.15) is 30.9 Å². The fourth-order valence-electron chi connectivity index (χ4n) is 4.87. The molecule has 2 heterocycles. The molecule has 0 unspecified atom stereocenters. The fourth-order valence-corrected chi connectivity index (χ4v) is 4.87. The first-order valence-corrected chi connectivity index (χ1v) is 15.1. The van der Waals surface area contributed by atoms with Crippen molar-refractivity contribution in [2.75, 3.05) is 30.5 Å². The second kappa shape index (κ2) is 19.0. The molecular weight excluding hydrogens is 655 g/mol. The van der Waals surface area contributed by atoms with E-state index in [1.807, 2.05) is 54.6 Å². The Morgan fingerprint density at radius 3 is 1.56 bits per heavy atom. The van der Waals surface area contributed by atoms with Gasteiger partial charge in [-0.2, -0.15) is 0 Å². The molecule has 2 aliphatic heterocycles. The number of carboxylic acids is 1. The number of benzene rings is 4. The minimum Gasteiger partial charge on any atom is -0.870 e. The van der Waals surface area contributed by atoms with Gasteiger partial charge in [0.25, 0.3) is 0 Å². The van der Waals surface area contributed by atoms with Gasteiger partial charge in [-0.3, -0.25) is 9.59 Å². The molecule has 2 amide bonds. The number of ether oxygens (including phenoxy) is 3. The summed E-state index contributed by atoms with van der Waals surface area (Å²) in [6.07, 6.45) is 0.205. The van der Waals surface area contributed by atoms with Gasteiger partial charge in [0.05, 0.1) is 53.6 Å². The van der Waals surface area contributed by atoms with Crippen LogP contribution in [0.3, 0.4) is 0 Å². The number of amides is 2. The molecular formula is C36H33N4NaO9. The van der Waals surface area contributed by atoms with Crippen LogP contribution in [0, 0.1) is 0 Å². The summed E-state index contributed by atoms with van der Waals surface area (Å²) in [6, 6.07) is 28.8. The molecule has 0 fully saturated rings. The van der Waals surface area contributed by atoms with Crippen LogP contribution >= 0.6 is 0 Å². The average Bonchev–Trinajstić information content (AvgIpc) is 3.36. The molecule has 14 heteroatoms. The Labute approximate surface area is 310 Å². The predicted octanol–water partition coefficient (Wildman–Crippen LogP) is 2.53. The van der Waals surface area contributed by atoms with Crippen LogP contribution < -0.4 is 49.7 Å². The number of hydrogen-bond acceptors (Lipinski definition) is 10. The van der Waals surface area contributed by atoms with Crippen LogP contribution in [-0.2, 0) is 23.9 Å². The predicted molar refractivity (Wildman–Crippen MR) is 182 cm³/mol. The molecule has 2 aliphatic rings. The second-order valence-electron chi connectivity index (χ2n) is 10.4. The van der Waals surface area contributed by atoms with Crippen molar-refractivity contribution >= 4 is 57.9 Å². The van der Waals surface area contributed by atoms with Crippen LogP contribution in [0.25, 0.3) is 0 Å². The first kappa shape index (κ1) is 39.1. The molecule has 4 aromatic carbocycles. The van der Waals surface area contributed by atoms with E-state index in [4.69, 9.17) is 19.3 Å². The number of esters is 1. The van der Waals surface area contributed by atoms with E-state index < -0.39 is 18.5 Å². The number of fused-ring (bicyclic) bond motifs is 2. The molecule has 0 saturated carbocycles. The Morgan fingerprint density at radius 2 is 1.10 bits per heavy atom. The largest absolute Gasteiger partial charge is 1.00 e. The van der Waals surface area contributed by atoms with Crippen LogP contribution in [0.2, 0.25) is 0 Å². The third-order valence-electron chi connectivity index (χ3n) is 6.92. The number of carbonyl (C=O) groups excluding carboxylic acids is 3. The van der Waals surface area contributed by atoms with Crippen molar-refractivity contribution < 1.29 is 73.5 Å². The average molecular weight is 689 g/mol. The summed E-state index contributed by atoms with van der Waals surface area (Å²) >= 11 is 0. The van der Waals surface area contributed by atoms with E-state index >= 15 is 0 Å². The summed E-state index contributed by atoms with van der Waals surface area (Å²) in [5.41, 5.74) is 5.07. The molecule has 13 nitrogen and oxygen atoms in total. The van der Waals surface area contributed by atoms with Crippen molar-refractivity contribution in [1.82, 2.24) is 0 Å². The van der Waals surface area contributed by atoms with Gasteiger partial charge in [0.15, 0.2) is 13.2 Å². The summed E-state index contributed by atoms with van der Waals surface area (Å²) in [6.45, 7) is 1.39. The number of carboxylic acid groups (broad SMARTS) is 1. The molecule has 0 saturated heterocycles. The topological polar surface area (TPSA) is 195 Å². The van der Waals surface area contributed by atoms with Crippen molar-refractivity contribution in [3.05, 3.63) is 108 Å². The summed E-state index contributed by atoms with van der Waals surface area (Å²) in [5.74, 6) is -0.957. The van der Waals surface area contributed by atoms with E-state index in [-0.39, 0.29) is 66.3 Å². The number of aliphatic imine (C=N–C) groups is 2. The summed E-state index contributed by atoms with van der Waals surface area (Å²) < 4.78 is 15.8. The van der Waals surface area contributed by atoms with Gasteiger partial charge in [0, 0.05) is 11.1 Å². The maximum absolute atomic E-state index is 12.2. The maximum Gasteiger partial charge on any atom is 1.00 e. The molecule has 0 spiro atoms. The third-order valence-corrected chi connectivity index (χ3v) is 6.92. The van der Waals surface area contributed by atoms with Gasteiger partial charge in [-0.15, -0.1) is 0 Å². The van der Waals surface area contributed by atoms with Gasteiger partial charge >= 0.3 is 41.5 Å². The first-order valence-electron chi connectivity index (χ1n) is 15.1. The summed E-state index contributed by atoms with van der Waals surface area (Å²) in [4.78, 5) is 55.7. The monoisotopic (exact) mass is 688 g/mol. The Hall–Kier alpha value is -5.34. The van der Waals surface area contributed by atoms with Gasteiger partial charge in [0.1, 0.15) is 11.5 Å². The van der Waals surface area contributed by atoms with Gasteiger partial charge in [-0.05, 0) is 55.5 Å². The van der Waals surface area contributed by atoms with Crippen LogP contribution in [-0.4, -0.2) is 65.6 Å². The molecule has 0 aromatic heterocycles. The number of carbonyl (C=O) groups is 4. The minimum atomic E-state index is -1.06. The van der Waals surface area contributed by atoms with Gasteiger partial charge in [-0.25, -0.2) is 19.6 Å². The standard InChI is InChI=1S/C19H18N2O4.C17H14N2O4.Na.H2O/c1-2-24-19(23)12-25-17-10-6-3-7-13(17)16-11-18(22)21-15-9-5-4-8-14(15)20-16;20-16-9-14(18-12-6-2-3-7-13(12)19-16)11-5-1-4-8-15(11)23-10-17(21)22;;/h3-10H,2,11-12H2,1H3,(H,21,22);1-8H,9-10H2,(H,19,20)(H,21,22);;1H2/q;;+1;/p-1. The van der Waals surface area contributed by atoms with E-state index in [1.165, 1.54) is 0 Å². The van der Waals surface area contributed by atoms with Crippen molar-refractivity contribution in [1.29, 1.82) is 0 Å². The van der Waals surface area contributed by atoms with Crippen molar-refractivity contribution in [2.45, 2.75) is 19.8 Å². The molecule has 4 aromatic rings. The van der Waals surface area contributed by atoms with Crippen molar-refractivity contribution in [3.8, 4) is 11.5 Å². The van der Waals surface area contributed by atoms with Crippen LogP contribution in [0.5, 0.6) is 11.5 Å². The number of rotatable bonds is 9. The number of para-hydroxylation sites is 6. The van der Waals surface area contributed by atoms with E-state index in [1.54, 1.807) is 49.4 Å². The molecule has 0 radical (unpaired) electrons. The number of nitrogens with one attached hydrogen (secondary N) is 2. The number of nitrogens with zero attached hydrogens (tertiary/aromatic N) is 2. The molecule has 4 N–H and O–H groups in total. The third kappa shape index (κ3) is 10.6. The molecule has 0 aliphatic carbocycles. The summed E-state index contributed by atoms with van der Waals surface area (Å²) in [5, 5.41) is 14.4. The van der Waals surface area contributed by atoms with E-state index in [0.29, 0.717) is 63.4 Å². The van der Waals surface area contributed by atoms with Gasteiger partial charge < -0.3 is 35.4 Å². The first-order chi connectivity index (χ1) is 23.3. The molecule has 6 rings (SSSR count). The zero-order chi connectivity index (χ0) is 33.9. The van der Waals surface area contributed by atoms with Gasteiger partial charge in [-0.1, -0.05) is 48.5 Å². The van der Waals surface area contributed by atoms with Crippen LogP contribution in [0.4, 0.5) is 22.7 Å². The summed E-state index contributed by atoms with van der Waals surface area (Å²) in [7, 11) is 0. The number of aliphatic carboxylic acids is 1. The number of anilines is 2. The minimum absolute atomic E-state index is 0. The molecule has 252 valence electrons. The van der Waals surface area contributed by atoms with E-state index in [0.717, 1.165) is 0 Å². The zero-order valence-corrected chi connectivity index (χ0v) is 29.4. The Kier molecular flexibility index (Phi) is 14.9. The van der Waals surface area contributed by atoms with Gasteiger partial charge in [0.2, 0.25) is 11.8 Å². The second-order valence-corrected chi connectivity index (χ2v) is 10.4. The van der Waals surface area contributed by atoms with E-state index in [2.05, 4.69) is 20.6 Å². The van der Waals surface area contributed by atoms with Crippen molar-refractivity contribution in [2.24, 2.45) is 9.98 Å². The fraction of sp³-hybridized carbons (Fsp3) is 0.167. The molecule has 50 heavy (non-hydrogen) atoms. The zero-order valence-electron chi connectivity index (χ0n) is 27.4. The van der Waals surface area contributed by atoms with E-state index in [9.17, 15) is 19.2 Å². The van der Waals surface area contributed by atoms with Crippen molar-refractivity contribution in [3.63, 3.8) is 0 Å². The quantitative estimate of drug-likeness (QED) is 0.175. The maximum atomic E-state index is 12.2. The Balaban J connectivity index is 0.000000261. The molecule has 0 atom stereocenters. The normalized spacial score (nSPS) is 12.7. The Bertz CT molecular complexity index is 1910. The number of hydrogen-bond donors (Lipinski definition) is 3. The van der Waals surface area contributed by atoms with Crippen LogP contribution in [0.15, 0.2) is 107 Å².